The van der Waals surface area contributed by atoms with Crippen LogP contribution >= 0.6 is 23.2 Å². The molecule has 0 aliphatic rings. The first kappa shape index (κ1) is 23.2. The second-order valence-electron chi connectivity index (χ2n) is 7.32. The van der Waals surface area contributed by atoms with Gasteiger partial charge in [0.05, 0.1) is 6.42 Å². The first-order chi connectivity index (χ1) is 13.8. The molecule has 2 amide bonds. The molecular formula is C23H28Cl2N2O2. The Morgan fingerprint density at radius 3 is 2.34 bits per heavy atom. The lowest BCUT2D eigenvalue weighted by Gasteiger charge is -2.31. The third-order valence-corrected chi connectivity index (χ3v) is 5.24. The molecule has 0 unspecified atom stereocenters. The minimum absolute atomic E-state index is 0.00772. The van der Waals surface area contributed by atoms with Gasteiger partial charge in [0.1, 0.15) is 6.04 Å². The second-order valence-corrected chi connectivity index (χ2v) is 8.17. The molecule has 0 aromatic heterocycles. The lowest BCUT2D eigenvalue weighted by atomic mass is 10.1. The molecule has 0 saturated carbocycles. The summed E-state index contributed by atoms with van der Waals surface area (Å²) in [6, 6.07) is 14.5. The van der Waals surface area contributed by atoms with E-state index in [9.17, 15) is 9.59 Å². The topological polar surface area (TPSA) is 49.4 Å². The number of halogens is 2. The van der Waals surface area contributed by atoms with Crippen LogP contribution in [-0.2, 0) is 22.4 Å². The van der Waals surface area contributed by atoms with Crippen molar-refractivity contribution in [2.75, 3.05) is 6.54 Å². The van der Waals surface area contributed by atoms with Gasteiger partial charge in [-0.2, -0.15) is 0 Å². The number of rotatable bonds is 9. The van der Waals surface area contributed by atoms with Crippen molar-refractivity contribution in [3.63, 3.8) is 0 Å². The van der Waals surface area contributed by atoms with E-state index in [4.69, 9.17) is 23.2 Å². The van der Waals surface area contributed by atoms with Crippen molar-refractivity contribution in [3.8, 4) is 0 Å². The van der Waals surface area contributed by atoms with Crippen molar-refractivity contribution in [2.45, 2.75) is 52.1 Å². The molecule has 2 aromatic rings. The lowest BCUT2D eigenvalue weighted by molar-refractivity contribution is -0.140. The van der Waals surface area contributed by atoms with Crippen LogP contribution < -0.4 is 5.32 Å². The van der Waals surface area contributed by atoms with E-state index in [2.05, 4.69) is 5.32 Å². The molecule has 0 spiro atoms. The molecular weight excluding hydrogens is 407 g/mol. The van der Waals surface area contributed by atoms with Gasteiger partial charge >= 0.3 is 0 Å². The fourth-order valence-electron chi connectivity index (χ4n) is 3.21. The van der Waals surface area contributed by atoms with Gasteiger partial charge in [-0.3, -0.25) is 9.59 Å². The van der Waals surface area contributed by atoms with Crippen LogP contribution in [0.4, 0.5) is 0 Å². The van der Waals surface area contributed by atoms with E-state index in [1.165, 1.54) is 0 Å². The van der Waals surface area contributed by atoms with E-state index in [0.717, 1.165) is 5.56 Å². The number of amides is 2. The van der Waals surface area contributed by atoms with Gasteiger partial charge in [-0.15, -0.1) is 0 Å². The first-order valence-electron chi connectivity index (χ1n) is 9.89. The predicted molar refractivity (Wildman–Crippen MR) is 119 cm³/mol. The molecule has 29 heavy (non-hydrogen) atoms. The van der Waals surface area contributed by atoms with Crippen LogP contribution in [0, 0.1) is 0 Å². The van der Waals surface area contributed by atoms with E-state index < -0.39 is 6.04 Å². The standard InChI is InChI=1S/C23H28Cl2N2O2/c1-4-21(23(29)26-16(2)3)27(13-12-17-8-6-5-7-9-17)22(28)14-18-10-11-19(24)15-20(18)25/h5-11,15-16,21H,4,12-14H2,1-3H3,(H,26,29)/t21-/m0/s1. The summed E-state index contributed by atoms with van der Waals surface area (Å²) in [6.45, 7) is 6.20. The summed E-state index contributed by atoms with van der Waals surface area (Å²) in [7, 11) is 0. The Bertz CT molecular complexity index is 825. The number of carbonyl (C=O) groups excluding carboxylic acids is 2. The Hall–Kier alpha value is -2.04. The summed E-state index contributed by atoms with van der Waals surface area (Å²) in [5.41, 5.74) is 1.82. The number of hydrogen-bond acceptors (Lipinski definition) is 2. The third kappa shape index (κ3) is 7.06. The van der Waals surface area contributed by atoms with Crippen LogP contribution in [0.5, 0.6) is 0 Å². The van der Waals surface area contributed by atoms with Gasteiger partial charge < -0.3 is 10.2 Å². The third-order valence-electron chi connectivity index (χ3n) is 4.66. The van der Waals surface area contributed by atoms with E-state index in [-0.39, 0.29) is 24.3 Å². The van der Waals surface area contributed by atoms with Crippen molar-refractivity contribution < 1.29 is 9.59 Å². The van der Waals surface area contributed by atoms with Crippen molar-refractivity contribution in [1.82, 2.24) is 10.2 Å². The average molecular weight is 435 g/mol. The molecule has 0 fully saturated rings. The summed E-state index contributed by atoms with van der Waals surface area (Å²) in [5.74, 6) is -0.262. The summed E-state index contributed by atoms with van der Waals surface area (Å²) in [5, 5.41) is 3.91. The molecule has 0 aliphatic heterocycles. The van der Waals surface area contributed by atoms with Crippen molar-refractivity contribution in [1.29, 1.82) is 0 Å². The molecule has 2 rings (SSSR count). The van der Waals surface area contributed by atoms with Gasteiger partial charge in [0.15, 0.2) is 0 Å². The smallest absolute Gasteiger partial charge is 0.242 e. The molecule has 4 nitrogen and oxygen atoms in total. The molecule has 0 bridgehead atoms. The number of nitrogens with one attached hydrogen (secondary N) is 1. The Morgan fingerprint density at radius 1 is 1.07 bits per heavy atom. The quantitative estimate of drug-likeness (QED) is 0.609. The monoisotopic (exact) mass is 434 g/mol. The molecule has 2 aromatic carbocycles. The van der Waals surface area contributed by atoms with E-state index >= 15 is 0 Å². The van der Waals surface area contributed by atoms with Gasteiger partial charge in [0.25, 0.3) is 0 Å². The average Bonchev–Trinajstić information content (AvgIpc) is 2.67. The van der Waals surface area contributed by atoms with Crippen LogP contribution in [0.25, 0.3) is 0 Å². The molecule has 0 aliphatic carbocycles. The van der Waals surface area contributed by atoms with Gasteiger partial charge in [-0.1, -0.05) is 66.5 Å². The lowest BCUT2D eigenvalue weighted by Crippen LogP contribution is -2.51. The SMILES string of the molecule is CC[C@@H](C(=O)NC(C)C)N(CCc1ccccc1)C(=O)Cc1ccc(Cl)cc1Cl. The highest BCUT2D eigenvalue weighted by Crippen LogP contribution is 2.22. The Kier molecular flexibility index (Phi) is 8.99. The van der Waals surface area contributed by atoms with Crippen LogP contribution in [-0.4, -0.2) is 35.3 Å². The van der Waals surface area contributed by atoms with E-state index in [0.29, 0.717) is 35.0 Å². The predicted octanol–water partition coefficient (Wildman–Crippen LogP) is 4.91. The maximum atomic E-state index is 13.2. The number of hydrogen-bond donors (Lipinski definition) is 1. The van der Waals surface area contributed by atoms with Crippen LogP contribution in [0.15, 0.2) is 48.5 Å². The van der Waals surface area contributed by atoms with Crippen LogP contribution in [0.3, 0.4) is 0 Å². The number of nitrogens with zero attached hydrogens (tertiary/aromatic N) is 1. The van der Waals surface area contributed by atoms with Crippen LogP contribution in [0.1, 0.15) is 38.3 Å². The minimum atomic E-state index is -0.528. The zero-order valence-electron chi connectivity index (χ0n) is 17.1. The highest BCUT2D eigenvalue weighted by Gasteiger charge is 2.28. The Balaban J connectivity index is 2.23. The minimum Gasteiger partial charge on any atom is -0.352 e. The summed E-state index contributed by atoms with van der Waals surface area (Å²) in [4.78, 5) is 27.6. The zero-order valence-corrected chi connectivity index (χ0v) is 18.6. The van der Waals surface area contributed by atoms with Gasteiger partial charge in [0, 0.05) is 22.6 Å². The molecule has 0 saturated heterocycles. The van der Waals surface area contributed by atoms with Crippen molar-refractivity contribution in [2.24, 2.45) is 0 Å². The molecule has 1 N–H and O–H groups in total. The fraction of sp³-hybridized carbons (Fsp3) is 0.391. The highest BCUT2D eigenvalue weighted by molar-refractivity contribution is 6.35. The van der Waals surface area contributed by atoms with Gasteiger partial charge in [0.2, 0.25) is 11.8 Å². The Morgan fingerprint density at radius 2 is 1.76 bits per heavy atom. The van der Waals surface area contributed by atoms with Gasteiger partial charge in [-0.25, -0.2) is 0 Å². The Labute approximate surface area is 183 Å². The molecule has 1 atom stereocenters. The van der Waals surface area contributed by atoms with Crippen molar-refractivity contribution >= 4 is 35.0 Å². The number of carbonyl (C=O) groups is 2. The van der Waals surface area contributed by atoms with E-state index in [1.807, 2.05) is 51.1 Å². The first-order valence-corrected chi connectivity index (χ1v) is 10.6. The summed E-state index contributed by atoms with van der Waals surface area (Å²) < 4.78 is 0. The van der Waals surface area contributed by atoms with E-state index in [1.54, 1.807) is 23.1 Å². The van der Waals surface area contributed by atoms with Crippen LogP contribution in [0.2, 0.25) is 10.0 Å². The normalized spacial score (nSPS) is 11.9. The van der Waals surface area contributed by atoms with Gasteiger partial charge in [-0.05, 0) is 49.9 Å². The zero-order chi connectivity index (χ0) is 21.4. The second kappa shape index (κ2) is 11.2. The maximum Gasteiger partial charge on any atom is 0.242 e. The fourth-order valence-corrected chi connectivity index (χ4v) is 3.68. The molecule has 0 heterocycles. The maximum absolute atomic E-state index is 13.2. The van der Waals surface area contributed by atoms with Crippen molar-refractivity contribution in [3.05, 3.63) is 69.7 Å². The summed E-state index contributed by atoms with van der Waals surface area (Å²) >= 11 is 12.2. The highest BCUT2D eigenvalue weighted by atomic mass is 35.5. The number of benzene rings is 2. The largest absolute Gasteiger partial charge is 0.352 e. The molecule has 6 heteroatoms. The molecule has 0 radical (unpaired) electrons. The molecule has 156 valence electrons. The summed E-state index contributed by atoms with van der Waals surface area (Å²) in [6.07, 6.45) is 1.33.